The molecule has 2 unspecified atom stereocenters. The Labute approximate surface area is 195 Å². The fourth-order valence-corrected chi connectivity index (χ4v) is 6.15. The molecule has 1 aromatic carbocycles. The van der Waals surface area contributed by atoms with Gasteiger partial charge in [-0.15, -0.1) is 0 Å². The molecule has 3 N–H and O–H groups in total. The molecule has 0 aliphatic carbocycles. The number of carbonyl (C=O) groups is 3. The van der Waals surface area contributed by atoms with E-state index in [2.05, 4.69) is 10.6 Å². The van der Waals surface area contributed by atoms with E-state index in [1.54, 1.807) is 0 Å². The summed E-state index contributed by atoms with van der Waals surface area (Å²) in [5.74, 6) is -2.27. The third-order valence-electron chi connectivity index (χ3n) is 7.42. The quantitative estimate of drug-likeness (QED) is 0.549. The van der Waals surface area contributed by atoms with Crippen molar-refractivity contribution in [1.29, 1.82) is 0 Å². The second-order valence-corrected chi connectivity index (χ2v) is 10.0. The van der Waals surface area contributed by atoms with Crippen molar-refractivity contribution in [2.75, 3.05) is 13.2 Å². The van der Waals surface area contributed by atoms with Gasteiger partial charge < -0.3 is 25.4 Å². The Morgan fingerprint density at radius 3 is 2.52 bits per heavy atom. The molecule has 3 aliphatic rings. The minimum Gasteiger partial charge on any atom is -0.394 e. The number of ether oxygens (including phenoxy) is 1. The summed E-state index contributed by atoms with van der Waals surface area (Å²) in [6, 6.07) is 7.43. The highest BCUT2D eigenvalue weighted by Gasteiger charge is 2.78. The zero-order valence-electron chi connectivity index (χ0n) is 19.8. The van der Waals surface area contributed by atoms with Crippen LogP contribution >= 0.6 is 0 Å². The molecule has 3 saturated heterocycles. The molecule has 3 heterocycles. The number of fused-ring (bicyclic) bond motifs is 1. The van der Waals surface area contributed by atoms with E-state index < -0.39 is 35.1 Å². The number of aliphatic hydroxyl groups is 1. The molecule has 8 heteroatoms. The monoisotopic (exact) mass is 457 g/mol. The van der Waals surface area contributed by atoms with Crippen molar-refractivity contribution in [2.24, 2.45) is 11.8 Å². The number of carbonyl (C=O) groups excluding carboxylic acids is 3. The molecule has 0 radical (unpaired) electrons. The lowest BCUT2D eigenvalue weighted by atomic mass is 9.66. The number of benzene rings is 1. The molecule has 1 aromatic rings. The maximum absolute atomic E-state index is 14.1. The summed E-state index contributed by atoms with van der Waals surface area (Å²) in [6.45, 7) is 7.76. The fraction of sp³-hybridized carbons (Fsp3) is 0.640. The van der Waals surface area contributed by atoms with Crippen molar-refractivity contribution < 1.29 is 24.2 Å². The van der Waals surface area contributed by atoms with Crippen molar-refractivity contribution in [3.05, 3.63) is 35.9 Å². The molecule has 3 amide bonds. The summed E-state index contributed by atoms with van der Waals surface area (Å²) >= 11 is 0. The van der Waals surface area contributed by atoms with Gasteiger partial charge in [-0.3, -0.25) is 14.4 Å². The average Bonchev–Trinajstić information content (AvgIpc) is 3.34. The van der Waals surface area contributed by atoms with Crippen LogP contribution in [0, 0.1) is 11.8 Å². The van der Waals surface area contributed by atoms with Crippen molar-refractivity contribution in [3.63, 3.8) is 0 Å². The zero-order valence-corrected chi connectivity index (χ0v) is 19.8. The summed E-state index contributed by atoms with van der Waals surface area (Å²) in [5, 5.41) is 16.3. The van der Waals surface area contributed by atoms with Crippen molar-refractivity contribution in [1.82, 2.24) is 15.5 Å². The highest BCUT2D eigenvalue weighted by Crippen LogP contribution is 2.64. The Hall–Kier alpha value is -2.45. The van der Waals surface area contributed by atoms with E-state index in [9.17, 15) is 19.5 Å². The second-order valence-electron chi connectivity index (χ2n) is 10.0. The lowest BCUT2D eigenvalue weighted by Crippen LogP contribution is -2.57. The van der Waals surface area contributed by atoms with Crippen LogP contribution in [0.3, 0.4) is 0 Å². The molecule has 180 valence electrons. The van der Waals surface area contributed by atoms with Crippen LogP contribution in [0.4, 0.5) is 0 Å². The highest BCUT2D eigenvalue weighted by atomic mass is 16.5. The molecule has 0 saturated carbocycles. The minimum absolute atomic E-state index is 0.132. The van der Waals surface area contributed by atoms with E-state index >= 15 is 0 Å². The first-order valence-corrected chi connectivity index (χ1v) is 12.0. The average molecular weight is 458 g/mol. The van der Waals surface area contributed by atoms with Crippen LogP contribution in [0.15, 0.2) is 30.3 Å². The molecule has 2 bridgehead atoms. The molecular weight excluding hydrogens is 422 g/mol. The van der Waals surface area contributed by atoms with Crippen LogP contribution in [0.2, 0.25) is 0 Å². The lowest BCUT2D eigenvalue weighted by molar-refractivity contribution is -0.150. The number of nitrogens with one attached hydrogen (secondary N) is 2. The summed E-state index contributed by atoms with van der Waals surface area (Å²) < 4.78 is 6.57. The topological polar surface area (TPSA) is 108 Å². The van der Waals surface area contributed by atoms with Crippen molar-refractivity contribution in [3.8, 4) is 0 Å². The molecular formula is C25H35N3O5. The van der Waals surface area contributed by atoms with Gasteiger partial charge in [0.15, 0.2) is 0 Å². The van der Waals surface area contributed by atoms with Gasteiger partial charge in [-0.25, -0.2) is 0 Å². The summed E-state index contributed by atoms with van der Waals surface area (Å²) in [7, 11) is 0. The molecule has 3 aliphatic heterocycles. The lowest BCUT2D eigenvalue weighted by Gasteiger charge is -2.37. The van der Waals surface area contributed by atoms with E-state index in [0.29, 0.717) is 19.4 Å². The molecule has 33 heavy (non-hydrogen) atoms. The molecule has 3 fully saturated rings. The van der Waals surface area contributed by atoms with Crippen LogP contribution < -0.4 is 10.6 Å². The maximum Gasteiger partial charge on any atom is 0.246 e. The fourth-order valence-electron chi connectivity index (χ4n) is 6.15. The Balaban J connectivity index is 1.81. The Kier molecular flexibility index (Phi) is 6.26. The van der Waals surface area contributed by atoms with Gasteiger partial charge in [0.2, 0.25) is 17.7 Å². The number of hydrogen-bond donors (Lipinski definition) is 3. The van der Waals surface area contributed by atoms with Crippen LogP contribution in [0.25, 0.3) is 0 Å². The van der Waals surface area contributed by atoms with E-state index in [1.807, 2.05) is 58.0 Å². The molecule has 8 nitrogen and oxygen atoms in total. The van der Waals surface area contributed by atoms with Crippen molar-refractivity contribution >= 4 is 17.7 Å². The van der Waals surface area contributed by atoms with Crippen LogP contribution in [-0.4, -0.2) is 64.2 Å². The van der Waals surface area contributed by atoms with Gasteiger partial charge in [0.1, 0.15) is 11.6 Å². The van der Waals surface area contributed by atoms with Gasteiger partial charge in [0.05, 0.1) is 30.1 Å². The third-order valence-corrected chi connectivity index (χ3v) is 7.42. The highest BCUT2D eigenvalue weighted by molar-refractivity contribution is 5.99. The van der Waals surface area contributed by atoms with E-state index in [4.69, 9.17) is 4.74 Å². The maximum atomic E-state index is 14.1. The predicted octanol–water partition coefficient (Wildman–Crippen LogP) is 1.54. The molecule has 4 rings (SSSR count). The summed E-state index contributed by atoms with van der Waals surface area (Å²) in [4.78, 5) is 42.4. The normalized spacial score (nSPS) is 33.3. The number of likely N-dealkylation sites (tertiary alicyclic amines) is 1. The van der Waals surface area contributed by atoms with Crippen LogP contribution in [0.5, 0.6) is 0 Å². The van der Waals surface area contributed by atoms with Gasteiger partial charge in [-0.2, -0.15) is 0 Å². The third kappa shape index (κ3) is 3.64. The Morgan fingerprint density at radius 1 is 1.21 bits per heavy atom. The van der Waals surface area contributed by atoms with Gasteiger partial charge in [0.25, 0.3) is 0 Å². The number of rotatable bonds is 8. The van der Waals surface area contributed by atoms with E-state index in [0.717, 1.165) is 12.0 Å². The smallest absolute Gasteiger partial charge is 0.246 e. The first-order valence-electron chi connectivity index (χ1n) is 12.0. The first-order chi connectivity index (χ1) is 15.7. The SMILES string of the molecule is CCCNC(=O)[C@@H]1[C@H]2C(=O)N([C@H](CO)c3ccccc3)C(C(=O)NC(C)C)C23CC[C@@]1(C)O3. The van der Waals surface area contributed by atoms with E-state index in [-0.39, 0.29) is 30.4 Å². The minimum atomic E-state index is -1.10. The van der Waals surface area contributed by atoms with Crippen LogP contribution in [-0.2, 0) is 19.1 Å². The predicted molar refractivity (Wildman–Crippen MR) is 122 cm³/mol. The largest absolute Gasteiger partial charge is 0.394 e. The summed E-state index contributed by atoms with van der Waals surface area (Å²) in [6.07, 6.45) is 1.89. The number of aliphatic hydroxyl groups excluding tert-OH is 1. The molecule has 6 atom stereocenters. The first kappa shape index (κ1) is 23.7. The molecule has 1 spiro atoms. The van der Waals surface area contributed by atoms with Gasteiger partial charge in [0, 0.05) is 12.6 Å². The summed E-state index contributed by atoms with van der Waals surface area (Å²) in [5.41, 5.74) is -1.16. The number of amides is 3. The van der Waals surface area contributed by atoms with Gasteiger partial charge >= 0.3 is 0 Å². The van der Waals surface area contributed by atoms with E-state index in [1.165, 1.54) is 4.90 Å². The van der Waals surface area contributed by atoms with Crippen LogP contribution in [0.1, 0.15) is 58.6 Å². The second kappa shape index (κ2) is 8.72. The van der Waals surface area contributed by atoms with Gasteiger partial charge in [-0.1, -0.05) is 37.3 Å². The molecule has 0 aromatic heterocycles. The van der Waals surface area contributed by atoms with Crippen molar-refractivity contribution in [2.45, 2.75) is 76.3 Å². The number of nitrogens with zero attached hydrogens (tertiary/aromatic N) is 1. The Bertz CT molecular complexity index is 922. The number of hydrogen-bond acceptors (Lipinski definition) is 5. The zero-order chi connectivity index (χ0) is 24.0. The Morgan fingerprint density at radius 2 is 1.91 bits per heavy atom. The van der Waals surface area contributed by atoms with Gasteiger partial charge in [-0.05, 0) is 45.6 Å². The standard InChI is InChI=1S/C25H35N3O5/c1-5-13-26-21(30)18-19-23(32)28(17(14-29)16-9-7-6-8-10-16)20(22(31)27-15(2)3)25(19)12-11-24(18,4)33-25/h6-10,15,17-20,29H,5,11-14H2,1-4H3,(H,26,30)(H,27,31)/t17-,18+,19+,20?,24-,25?/m1/s1.